The summed E-state index contributed by atoms with van der Waals surface area (Å²) in [5, 5.41) is 0. The second kappa shape index (κ2) is 5.19. The fourth-order valence-electron chi connectivity index (χ4n) is 2.91. The maximum absolute atomic E-state index is 11.6. The van der Waals surface area contributed by atoms with E-state index in [1.54, 1.807) is 0 Å². The number of aryl methyl sites for hydroxylation is 1. The monoisotopic (exact) mass is 270 g/mol. The van der Waals surface area contributed by atoms with Gasteiger partial charge in [0.15, 0.2) is 0 Å². The zero-order valence-electron chi connectivity index (χ0n) is 11.7. The molecule has 0 saturated carbocycles. The lowest BCUT2D eigenvalue weighted by Crippen LogP contribution is -2.31. The minimum Gasteiger partial charge on any atom is -0.289 e. The molecule has 0 bridgehead atoms. The van der Waals surface area contributed by atoms with Crippen LogP contribution >= 0.6 is 0 Å². The number of benzene rings is 1. The minimum absolute atomic E-state index is 0.0458. The van der Waals surface area contributed by atoms with E-state index in [1.165, 1.54) is 21.6 Å². The molecule has 1 fully saturated rings. The number of likely N-dealkylation sites (tertiary alicyclic amines) is 1. The minimum atomic E-state index is -0.0458. The van der Waals surface area contributed by atoms with E-state index in [-0.39, 0.29) is 11.8 Å². The molecule has 1 saturated heterocycles. The van der Waals surface area contributed by atoms with E-state index < -0.39 is 0 Å². The Hall–Kier alpha value is -1.97. The third kappa shape index (κ3) is 2.38. The van der Waals surface area contributed by atoms with Gasteiger partial charge in [-0.15, -0.1) is 0 Å². The Morgan fingerprint density at radius 3 is 2.65 bits per heavy atom. The average molecular weight is 270 g/mol. The quantitative estimate of drug-likeness (QED) is 0.787. The number of aliphatic imine (C=N–C) groups is 1. The van der Waals surface area contributed by atoms with Gasteiger partial charge in [-0.25, -0.2) is 0 Å². The lowest BCUT2D eigenvalue weighted by atomic mass is 9.94. The van der Waals surface area contributed by atoms with Crippen LogP contribution in [0.1, 0.15) is 36.0 Å². The van der Waals surface area contributed by atoms with Gasteiger partial charge in [-0.05, 0) is 24.5 Å². The molecule has 2 aliphatic heterocycles. The molecule has 2 aliphatic rings. The molecule has 3 rings (SSSR count). The zero-order chi connectivity index (χ0) is 14.1. The van der Waals surface area contributed by atoms with Crippen LogP contribution in [0.3, 0.4) is 0 Å². The van der Waals surface area contributed by atoms with Gasteiger partial charge in [-0.2, -0.15) is 0 Å². The fraction of sp³-hybridized carbons (Fsp3) is 0.438. The standard InChI is InChI=1S/C16H18N2O2/c1-11-2-3-13-12(10-11)6-8-17-14(13)7-9-18-15(19)4-5-16(18)20/h2-3,10H,4-9H2,1H3. The summed E-state index contributed by atoms with van der Waals surface area (Å²) in [6.45, 7) is 3.35. The molecule has 104 valence electrons. The van der Waals surface area contributed by atoms with Crippen molar-refractivity contribution in [2.45, 2.75) is 32.6 Å². The van der Waals surface area contributed by atoms with Crippen LogP contribution in [0, 0.1) is 6.92 Å². The van der Waals surface area contributed by atoms with Gasteiger partial charge in [0.25, 0.3) is 0 Å². The predicted molar refractivity (Wildman–Crippen MR) is 76.9 cm³/mol. The van der Waals surface area contributed by atoms with Crippen molar-refractivity contribution in [3.63, 3.8) is 0 Å². The molecule has 2 amide bonds. The molecule has 4 nitrogen and oxygen atoms in total. The fourth-order valence-corrected chi connectivity index (χ4v) is 2.91. The number of hydrogen-bond acceptors (Lipinski definition) is 3. The van der Waals surface area contributed by atoms with Crippen LogP contribution in [-0.4, -0.2) is 35.5 Å². The van der Waals surface area contributed by atoms with Gasteiger partial charge in [-0.3, -0.25) is 19.5 Å². The van der Waals surface area contributed by atoms with Crippen LogP contribution in [0.4, 0.5) is 0 Å². The summed E-state index contributed by atoms with van der Waals surface area (Å²) >= 11 is 0. The van der Waals surface area contributed by atoms with Crippen LogP contribution in [0.2, 0.25) is 0 Å². The van der Waals surface area contributed by atoms with Crippen molar-refractivity contribution in [1.29, 1.82) is 0 Å². The van der Waals surface area contributed by atoms with Gasteiger partial charge in [-0.1, -0.05) is 23.8 Å². The largest absolute Gasteiger partial charge is 0.289 e. The SMILES string of the molecule is Cc1ccc2c(c1)CCN=C2CCN1C(=O)CCC1=O. The van der Waals surface area contributed by atoms with Crippen molar-refractivity contribution >= 4 is 17.5 Å². The summed E-state index contributed by atoms with van der Waals surface area (Å²) in [7, 11) is 0. The molecule has 20 heavy (non-hydrogen) atoms. The first kappa shape index (κ1) is 13.0. The topological polar surface area (TPSA) is 49.7 Å². The Kier molecular flexibility index (Phi) is 3.38. The number of fused-ring (bicyclic) bond motifs is 1. The van der Waals surface area contributed by atoms with E-state index in [0.29, 0.717) is 25.8 Å². The van der Waals surface area contributed by atoms with Gasteiger partial charge in [0.05, 0.1) is 0 Å². The molecular weight excluding hydrogens is 252 g/mol. The van der Waals surface area contributed by atoms with E-state index >= 15 is 0 Å². The Balaban J connectivity index is 1.74. The predicted octanol–water partition coefficient (Wildman–Crippen LogP) is 1.88. The van der Waals surface area contributed by atoms with Crippen LogP contribution < -0.4 is 0 Å². The van der Waals surface area contributed by atoms with Gasteiger partial charge >= 0.3 is 0 Å². The van der Waals surface area contributed by atoms with Gasteiger partial charge in [0.1, 0.15) is 0 Å². The molecule has 0 aromatic heterocycles. The van der Waals surface area contributed by atoms with Gasteiger partial charge in [0.2, 0.25) is 11.8 Å². The van der Waals surface area contributed by atoms with E-state index in [0.717, 1.165) is 18.7 Å². The second-order valence-electron chi connectivity index (χ2n) is 5.43. The summed E-state index contributed by atoms with van der Waals surface area (Å²) in [4.78, 5) is 29.2. The third-order valence-corrected chi connectivity index (χ3v) is 3.98. The lowest BCUT2D eigenvalue weighted by Gasteiger charge is -2.20. The number of carbonyl (C=O) groups excluding carboxylic acids is 2. The summed E-state index contributed by atoms with van der Waals surface area (Å²) in [6.07, 6.45) is 2.36. The van der Waals surface area contributed by atoms with E-state index in [4.69, 9.17) is 0 Å². The van der Waals surface area contributed by atoms with Crippen molar-refractivity contribution in [3.8, 4) is 0 Å². The number of nitrogens with zero attached hydrogens (tertiary/aromatic N) is 2. The number of rotatable bonds is 3. The molecule has 0 unspecified atom stereocenters. The molecule has 1 aromatic carbocycles. The normalized spacial score (nSPS) is 18.2. The highest BCUT2D eigenvalue weighted by atomic mass is 16.2. The van der Waals surface area contributed by atoms with Crippen molar-refractivity contribution in [2.24, 2.45) is 4.99 Å². The first-order chi connectivity index (χ1) is 9.65. The molecular formula is C16H18N2O2. The Morgan fingerprint density at radius 1 is 1.15 bits per heavy atom. The highest BCUT2D eigenvalue weighted by Crippen LogP contribution is 2.20. The Morgan fingerprint density at radius 2 is 1.90 bits per heavy atom. The summed E-state index contributed by atoms with van der Waals surface area (Å²) in [5.74, 6) is -0.0916. The molecule has 1 aromatic rings. The van der Waals surface area contributed by atoms with Crippen molar-refractivity contribution in [3.05, 3.63) is 34.9 Å². The number of carbonyl (C=O) groups is 2. The van der Waals surface area contributed by atoms with Crippen molar-refractivity contribution < 1.29 is 9.59 Å². The van der Waals surface area contributed by atoms with Crippen molar-refractivity contribution in [2.75, 3.05) is 13.1 Å². The highest BCUT2D eigenvalue weighted by Gasteiger charge is 2.29. The molecule has 0 atom stereocenters. The highest BCUT2D eigenvalue weighted by molar-refractivity contribution is 6.05. The van der Waals surface area contributed by atoms with Crippen LogP contribution in [-0.2, 0) is 16.0 Å². The summed E-state index contributed by atoms with van der Waals surface area (Å²) in [6, 6.07) is 6.40. The van der Waals surface area contributed by atoms with E-state index in [9.17, 15) is 9.59 Å². The summed E-state index contributed by atoms with van der Waals surface area (Å²) in [5.41, 5.74) is 4.80. The Labute approximate surface area is 118 Å². The van der Waals surface area contributed by atoms with Crippen LogP contribution in [0.25, 0.3) is 0 Å². The van der Waals surface area contributed by atoms with Crippen LogP contribution in [0.5, 0.6) is 0 Å². The van der Waals surface area contributed by atoms with E-state index in [2.05, 4.69) is 30.1 Å². The number of hydrogen-bond donors (Lipinski definition) is 0. The smallest absolute Gasteiger partial charge is 0.229 e. The first-order valence-corrected chi connectivity index (χ1v) is 7.11. The van der Waals surface area contributed by atoms with Gasteiger partial charge < -0.3 is 0 Å². The molecule has 4 heteroatoms. The molecule has 0 N–H and O–H groups in total. The van der Waals surface area contributed by atoms with E-state index in [1.807, 2.05) is 0 Å². The zero-order valence-corrected chi connectivity index (χ0v) is 11.7. The molecule has 2 heterocycles. The third-order valence-electron chi connectivity index (χ3n) is 3.98. The maximum Gasteiger partial charge on any atom is 0.229 e. The van der Waals surface area contributed by atoms with Gasteiger partial charge in [0, 0.05) is 38.1 Å². The first-order valence-electron chi connectivity index (χ1n) is 7.11. The van der Waals surface area contributed by atoms with Crippen molar-refractivity contribution in [1.82, 2.24) is 4.90 Å². The maximum atomic E-state index is 11.6. The second-order valence-corrected chi connectivity index (χ2v) is 5.43. The van der Waals surface area contributed by atoms with Crippen LogP contribution in [0.15, 0.2) is 23.2 Å². The summed E-state index contributed by atoms with van der Waals surface area (Å²) < 4.78 is 0. The number of amides is 2. The Bertz CT molecular complexity index is 588. The average Bonchev–Trinajstić information content (AvgIpc) is 2.75. The lowest BCUT2D eigenvalue weighted by molar-refractivity contribution is -0.138. The number of imide groups is 1. The molecule has 0 spiro atoms. The molecule has 0 radical (unpaired) electrons. The molecule has 0 aliphatic carbocycles.